The molecule has 1 aromatic carbocycles. The first kappa shape index (κ1) is 16.2. The zero-order chi connectivity index (χ0) is 15.2. The molecule has 0 aliphatic heterocycles. The van der Waals surface area contributed by atoms with E-state index in [0.717, 1.165) is 5.56 Å². The van der Waals surface area contributed by atoms with Crippen molar-refractivity contribution >= 4 is 0 Å². The molecule has 2 atom stereocenters. The molecule has 2 nitrogen and oxygen atoms in total. The number of hydrogen-bond acceptors (Lipinski definition) is 2. The molecule has 2 rings (SSSR count). The van der Waals surface area contributed by atoms with E-state index in [-0.39, 0.29) is 11.8 Å². The molecule has 1 aromatic rings. The molecule has 4 heteroatoms. The lowest BCUT2D eigenvalue weighted by Gasteiger charge is -2.31. The number of nitrogens with one attached hydrogen (secondary N) is 1. The van der Waals surface area contributed by atoms with Crippen molar-refractivity contribution < 1.29 is 13.5 Å². The third kappa shape index (κ3) is 4.67. The van der Waals surface area contributed by atoms with E-state index in [2.05, 4.69) is 17.0 Å². The van der Waals surface area contributed by atoms with E-state index in [0.29, 0.717) is 12.0 Å². The molecule has 1 N–H and O–H groups in total. The van der Waals surface area contributed by atoms with Crippen LogP contribution in [0.15, 0.2) is 24.3 Å². The van der Waals surface area contributed by atoms with Crippen molar-refractivity contribution in [1.82, 2.24) is 5.32 Å². The maximum atomic E-state index is 12.5. The SMILES string of the molecule is CC(N[C@@H](C)C1CCCCC1)c1ccccc1OC(F)F. The number of alkyl halides is 2. The molecular weight excluding hydrogens is 272 g/mol. The van der Waals surface area contributed by atoms with E-state index in [1.807, 2.05) is 19.1 Å². The quantitative estimate of drug-likeness (QED) is 0.805. The van der Waals surface area contributed by atoms with Crippen LogP contribution in [-0.4, -0.2) is 12.7 Å². The minimum absolute atomic E-state index is 0.00289. The maximum Gasteiger partial charge on any atom is 0.387 e. The van der Waals surface area contributed by atoms with Crippen LogP contribution in [0.25, 0.3) is 0 Å². The third-order valence-electron chi connectivity index (χ3n) is 4.47. The second-order valence-electron chi connectivity index (χ2n) is 5.99. The monoisotopic (exact) mass is 297 g/mol. The summed E-state index contributed by atoms with van der Waals surface area (Å²) in [7, 11) is 0. The first-order valence-corrected chi connectivity index (χ1v) is 7.87. The smallest absolute Gasteiger partial charge is 0.387 e. The fourth-order valence-corrected chi connectivity index (χ4v) is 3.30. The van der Waals surface area contributed by atoms with Crippen molar-refractivity contribution in [2.75, 3.05) is 0 Å². The minimum Gasteiger partial charge on any atom is -0.434 e. The van der Waals surface area contributed by atoms with Crippen LogP contribution in [0.1, 0.15) is 57.6 Å². The van der Waals surface area contributed by atoms with E-state index < -0.39 is 6.61 Å². The Labute approximate surface area is 125 Å². The van der Waals surface area contributed by atoms with Crippen molar-refractivity contribution in [2.45, 2.75) is 64.6 Å². The van der Waals surface area contributed by atoms with Crippen molar-refractivity contribution in [3.8, 4) is 5.75 Å². The fourth-order valence-electron chi connectivity index (χ4n) is 3.30. The molecule has 0 amide bonds. The van der Waals surface area contributed by atoms with Gasteiger partial charge in [-0.1, -0.05) is 37.5 Å². The highest BCUT2D eigenvalue weighted by Gasteiger charge is 2.23. The van der Waals surface area contributed by atoms with Crippen LogP contribution >= 0.6 is 0 Å². The molecule has 0 bridgehead atoms. The highest BCUT2D eigenvalue weighted by atomic mass is 19.3. The summed E-state index contributed by atoms with van der Waals surface area (Å²) in [4.78, 5) is 0. The van der Waals surface area contributed by atoms with Gasteiger partial charge in [0.1, 0.15) is 5.75 Å². The van der Waals surface area contributed by atoms with Gasteiger partial charge in [-0.3, -0.25) is 0 Å². The van der Waals surface area contributed by atoms with E-state index in [4.69, 9.17) is 0 Å². The van der Waals surface area contributed by atoms with Gasteiger partial charge in [0.05, 0.1) is 0 Å². The Morgan fingerprint density at radius 1 is 1.10 bits per heavy atom. The minimum atomic E-state index is -2.78. The topological polar surface area (TPSA) is 21.3 Å². The van der Waals surface area contributed by atoms with Gasteiger partial charge in [-0.05, 0) is 38.7 Å². The van der Waals surface area contributed by atoms with E-state index in [9.17, 15) is 8.78 Å². The third-order valence-corrected chi connectivity index (χ3v) is 4.47. The molecule has 0 radical (unpaired) electrons. The molecule has 0 heterocycles. The van der Waals surface area contributed by atoms with Crippen LogP contribution in [0.4, 0.5) is 8.78 Å². The van der Waals surface area contributed by atoms with Gasteiger partial charge in [-0.2, -0.15) is 8.78 Å². The second kappa shape index (κ2) is 7.74. The van der Waals surface area contributed by atoms with Crippen molar-refractivity contribution in [2.24, 2.45) is 5.92 Å². The molecule has 1 saturated carbocycles. The molecule has 118 valence electrons. The first-order valence-electron chi connectivity index (χ1n) is 7.87. The van der Waals surface area contributed by atoms with Gasteiger partial charge in [0.25, 0.3) is 0 Å². The molecule has 1 fully saturated rings. The Morgan fingerprint density at radius 2 is 1.76 bits per heavy atom. The van der Waals surface area contributed by atoms with Gasteiger partial charge in [-0.25, -0.2) is 0 Å². The maximum absolute atomic E-state index is 12.5. The van der Waals surface area contributed by atoms with Crippen molar-refractivity contribution in [3.63, 3.8) is 0 Å². The number of halogens is 2. The average molecular weight is 297 g/mol. The molecule has 1 unspecified atom stereocenters. The predicted molar refractivity (Wildman–Crippen MR) is 80.7 cm³/mol. The summed E-state index contributed by atoms with van der Waals surface area (Å²) in [6, 6.07) is 7.42. The summed E-state index contributed by atoms with van der Waals surface area (Å²) >= 11 is 0. The van der Waals surface area contributed by atoms with E-state index in [1.165, 1.54) is 32.1 Å². The number of hydrogen-bond donors (Lipinski definition) is 1. The normalized spacial score (nSPS) is 19.5. The standard InChI is InChI=1S/C17H25F2NO/c1-12(14-8-4-3-5-9-14)20-13(2)15-10-6-7-11-16(15)21-17(18)19/h6-7,10-14,17,20H,3-5,8-9H2,1-2H3/t12-,13?/m0/s1. The summed E-state index contributed by atoms with van der Waals surface area (Å²) < 4.78 is 29.6. The van der Waals surface area contributed by atoms with Gasteiger partial charge in [0, 0.05) is 17.6 Å². The lowest BCUT2D eigenvalue weighted by molar-refractivity contribution is -0.0507. The highest BCUT2D eigenvalue weighted by Crippen LogP contribution is 2.30. The van der Waals surface area contributed by atoms with Crippen LogP contribution < -0.4 is 10.1 Å². The summed E-state index contributed by atoms with van der Waals surface area (Å²) in [6.45, 7) is 1.42. The number of ether oxygens (including phenoxy) is 1. The molecule has 1 aliphatic carbocycles. The molecule has 0 aromatic heterocycles. The van der Waals surface area contributed by atoms with Gasteiger partial charge < -0.3 is 10.1 Å². The summed E-state index contributed by atoms with van der Waals surface area (Å²) in [5.41, 5.74) is 0.792. The Bertz CT molecular complexity index is 433. The van der Waals surface area contributed by atoms with Crippen molar-refractivity contribution in [1.29, 1.82) is 0 Å². The summed E-state index contributed by atoms with van der Waals surface area (Å²) in [5.74, 6) is 0.952. The Hall–Kier alpha value is -1.16. The highest BCUT2D eigenvalue weighted by molar-refractivity contribution is 5.35. The van der Waals surface area contributed by atoms with Crippen LogP contribution in [0, 0.1) is 5.92 Å². The lowest BCUT2D eigenvalue weighted by Crippen LogP contribution is -2.36. The zero-order valence-corrected chi connectivity index (χ0v) is 12.8. The predicted octanol–water partition coefficient (Wildman–Crippen LogP) is 4.91. The largest absolute Gasteiger partial charge is 0.434 e. The van der Waals surface area contributed by atoms with Crippen LogP contribution in [0.5, 0.6) is 5.75 Å². The second-order valence-corrected chi connectivity index (χ2v) is 5.99. The number of para-hydroxylation sites is 1. The van der Waals surface area contributed by atoms with Crippen LogP contribution in [0.3, 0.4) is 0 Å². The average Bonchev–Trinajstić information content (AvgIpc) is 2.48. The van der Waals surface area contributed by atoms with Gasteiger partial charge >= 0.3 is 6.61 Å². The van der Waals surface area contributed by atoms with Gasteiger partial charge in [-0.15, -0.1) is 0 Å². The molecule has 0 spiro atoms. The van der Waals surface area contributed by atoms with E-state index >= 15 is 0 Å². The van der Waals surface area contributed by atoms with Crippen LogP contribution in [-0.2, 0) is 0 Å². The summed E-state index contributed by atoms with van der Waals surface area (Å²) in [6.07, 6.45) is 6.46. The molecule has 21 heavy (non-hydrogen) atoms. The zero-order valence-electron chi connectivity index (χ0n) is 12.8. The van der Waals surface area contributed by atoms with Gasteiger partial charge in [0.15, 0.2) is 0 Å². The Kier molecular flexibility index (Phi) is 5.97. The number of benzene rings is 1. The molecule has 0 saturated heterocycles. The first-order chi connectivity index (χ1) is 10.1. The van der Waals surface area contributed by atoms with E-state index in [1.54, 1.807) is 12.1 Å². The molecular formula is C17H25F2NO. The van der Waals surface area contributed by atoms with Crippen molar-refractivity contribution in [3.05, 3.63) is 29.8 Å². The van der Waals surface area contributed by atoms with Gasteiger partial charge in [0.2, 0.25) is 0 Å². The molecule has 1 aliphatic rings. The number of rotatable bonds is 6. The fraction of sp³-hybridized carbons (Fsp3) is 0.647. The van der Waals surface area contributed by atoms with Crippen LogP contribution in [0.2, 0.25) is 0 Å². The Balaban J connectivity index is 2.00. The Morgan fingerprint density at radius 3 is 2.43 bits per heavy atom. The summed E-state index contributed by atoms with van der Waals surface area (Å²) in [5, 5.41) is 3.55. The lowest BCUT2D eigenvalue weighted by atomic mass is 9.84.